The lowest BCUT2D eigenvalue weighted by Crippen LogP contribution is -2.46. The third-order valence-electron chi connectivity index (χ3n) is 8.34. The van der Waals surface area contributed by atoms with Gasteiger partial charge in [0, 0.05) is 52.6 Å². The third kappa shape index (κ3) is 6.68. The van der Waals surface area contributed by atoms with E-state index in [1.54, 1.807) is 43.5 Å². The second kappa shape index (κ2) is 13.3. The summed E-state index contributed by atoms with van der Waals surface area (Å²) >= 11 is 6.70. The van der Waals surface area contributed by atoms with Crippen molar-refractivity contribution in [2.24, 2.45) is 0 Å². The molecule has 10 nitrogen and oxygen atoms in total. The van der Waals surface area contributed by atoms with Crippen LogP contribution in [0.15, 0.2) is 55.3 Å². The van der Waals surface area contributed by atoms with E-state index in [9.17, 15) is 27.6 Å². The van der Waals surface area contributed by atoms with Crippen molar-refractivity contribution < 1.29 is 32.3 Å². The molecular weight excluding hydrogens is 637 g/mol. The Morgan fingerprint density at radius 1 is 1.21 bits per heavy atom. The van der Waals surface area contributed by atoms with Crippen LogP contribution in [-0.2, 0) is 38.4 Å². The zero-order chi connectivity index (χ0) is 34.2. The molecule has 0 saturated carbocycles. The molecule has 47 heavy (non-hydrogen) atoms. The molecule has 14 heteroatoms. The fraction of sp³-hybridized carbons (Fsp3) is 0.364. The van der Waals surface area contributed by atoms with Gasteiger partial charge in [-0.2, -0.15) is 13.2 Å². The molecule has 1 aromatic carbocycles. The lowest BCUT2D eigenvalue weighted by molar-refractivity contribution is -0.137. The second-order valence-corrected chi connectivity index (χ2v) is 12.0. The number of fused-ring (bicyclic) bond motifs is 1. The van der Waals surface area contributed by atoms with Gasteiger partial charge in [-0.25, -0.2) is 4.98 Å². The van der Waals surface area contributed by atoms with Gasteiger partial charge in [-0.15, -0.1) is 0 Å². The molecular formula is C33H34ClF3N6O4. The Kier molecular flexibility index (Phi) is 9.60. The van der Waals surface area contributed by atoms with E-state index in [2.05, 4.69) is 16.5 Å². The average Bonchev–Trinajstić information content (AvgIpc) is 3.59. The predicted octanol–water partition coefficient (Wildman–Crippen LogP) is 5.47. The van der Waals surface area contributed by atoms with Gasteiger partial charge in [-0.05, 0) is 60.9 Å². The summed E-state index contributed by atoms with van der Waals surface area (Å²) in [5, 5.41) is 0.358. The number of para-hydroxylation sites is 1. The maximum absolute atomic E-state index is 14.0. The number of nitrogens with zero attached hydrogens (tertiary/aromatic N) is 6. The number of halogens is 4. The Hall–Kier alpha value is -4.49. The number of hydrogen-bond donors (Lipinski definition) is 0. The minimum Gasteiger partial charge on any atom is -0.382 e. The summed E-state index contributed by atoms with van der Waals surface area (Å²) in [5.74, 6) is -1.43. The molecule has 0 aliphatic carbocycles. The molecule has 3 amide bonds. The standard InChI is InChI=1S/C33H34ClF3N6O4/c1-6-28(44)42-17-21-13-20(15-38-30(21)26(42)18-47-5)16-40(3)31-23(34)8-7-9-24(31)41(4)32(46)25-10-11-29(45)43(25)27-14-22(33(35,36)37)12-19(2)39-27/h6-9,12-15,25-26H,1,10-11,16-18H2,2-5H3/t25-,26?/m0/s1. The number of carbonyl (C=O) groups is 3. The van der Waals surface area contributed by atoms with E-state index in [0.717, 1.165) is 33.9 Å². The molecule has 2 aromatic heterocycles. The van der Waals surface area contributed by atoms with Crippen LogP contribution in [0.5, 0.6) is 0 Å². The Labute approximate surface area is 275 Å². The number of rotatable bonds is 9. The molecule has 1 saturated heterocycles. The lowest BCUT2D eigenvalue weighted by Gasteiger charge is -2.31. The van der Waals surface area contributed by atoms with Crippen molar-refractivity contribution in [2.75, 3.05) is 42.5 Å². The van der Waals surface area contributed by atoms with Gasteiger partial charge in [-0.1, -0.05) is 24.2 Å². The van der Waals surface area contributed by atoms with Crippen molar-refractivity contribution in [3.63, 3.8) is 0 Å². The first-order chi connectivity index (χ1) is 22.2. The lowest BCUT2D eigenvalue weighted by atomic mass is 10.1. The van der Waals surface area contributed by atoms with Crippen LogP contribution in [0.2, 0.25) is 5.02 Å². The van der Waals surface area contributed by atoms with E-state index in [-0.39, 0.29) is 42.9 Å². The maximum Gasteiger partial charge on any atom is 0.416 e. The van der Waals surface area contributed by atoms with Crippen LogP contribution in [0.4, 0.5) is 30.4 Å². The summed E-state index contributed by atoms with van der Waals surface area (Å²) in [6.45, 7) is 5.98. The number of anilines is 3. The first-order valence-corrected chi connectivity index (χ1v) is 15.2. The second-order valence-electron chi connectivity index (χ2n) is 11.6. The van der Waals surface area contributed by atoms with E-state index in [4.69, 9.17) is 16.3 Å². The van der Waals surface area contributed by atoms with Gasteiger partial charge >= 0.3 is 6.18 Å². The molecule has 2 aliphatic heterocycles. The number of hydrogen-bond acceptors (Lipinski definition) is 7. The molecule has 1 fully saturated rings. The summed E-state index contributed by atoms with van der Waals surface area (Å²) in [7, 11) is 4.90. The number of aryl methyl sites for hydroxylation is 1. The van der Waals surface area contributed by atoms with E-state index in [1.165, 1.54) is 24.9 Å². The largest absolute Gasteiger partial charge is 0.416 e. The number of benzene rings is 1. The fourth-order valence-electron chi connectivity index (χ4n) is 6.19. The van der Waals surface area contributed by atoms with Gasteiger partial charge in [0.1, 0.15) is 11.9 Å². The van der Waals surface area contributed by atoms with E-state index in [1.807, 2.05) is 11.0 Å². The van der Waals surface area contributed by atoms with Crippen molar-refractivity contribution in [3.8, 4) is 0 Å². The number of amides is 3. The van der Waals surface area contributed by atoms with Crippen molar-refractivity contribution in [1.82, 2.24) is 14.9 Å². The summed E-state index contributed by atoms with van der Waals surface area (Å²) in [5.41, 5.74) is 2.54. The molecule has 0 spiro atoms. The first-order valence-electron chi connectivity index (χ1n) is 14.8. The van der Waals surface area contributed by atoms with Crippen LogP contribution in [-0.4, -0.2) is 66.4 Å². The minimum atomic E-state index is -4.65. The molecule has 5 rings (SSSR count). The number of likely N-dealkylation sites (N-methyl/N-ethyl adjacent to an activating group) is 1. The Bertz CT molecular complexity index is 1730. The van der Waals surface area contributed by atoms with Crippen LogP contribution >= 0.6 is 11.6 Å². The smallest absolute Gasteiger partial charge is 0.382 e. The summed E-state index contributed by atoms with van der Waals surface area (Å²) < 4.78 is 46.1. The summed E-state index contributed by atoms with van der Waals surface area (Å²) in [6, 6.07) is 7.34. The van der Waals surface area contributed by atoms with Gasteiger partial charge in [0.15, 0.2) is 0 Å². The van der Waals surface area contributed by atoms with Gasteiger partial charge in [0.2, 0.25) is 17.7 Å². The number of ether oxygens (including phenoxy) is 1. The molecule has 0 bridgehead atoms. The van der Waals surface area contributed by atoms with Crippen molar-refractivity contribution in [2.45, 2.75) is 51.1 Å². The number of methoxy groups -OCH3 is 1. The normalized spacial score (nSPS) is 17.6. The predicted molar refractivity (Wildman–Crippen MR) is 171 cm³/mol. The van der Waals surface area contributed by atoms with Gasteiger partial charge in [-0.3, -0.25) is 24.3 Å². The highest BCUT2D eigenvalue weighted by molar-refractivity contribution is 6.34. The number of carbonyl (C=O) groups excluding carboxylic acids is 3. The van der Waals surface area contributed by atoms with Gasteiger partial charge in [0.25, 0.3) is 0 Å². The molecule has 4 heterocycles. The maximum atomic E-state index is 14.0. The van der Waals surface area contributed by atoms with Crippen LogP contribution in [0, 0.1) is 6.92 Å². The van der Waals surface area contributed by atoms with Crippen LogP contribution in [0.3, 0.4) is 0 Å². The van der Waals surface area contributed by atoms with Crippen LogP contribution < -0.4 is 14.7 Å². The molecule has 248 valence electrons. The molecule has 0 radical (unpaired) electrons. The fourth-order valence-corrected chi connectivity index (χ4v) is 6.50. The zero-order valence-corrected chi connectivity index (χ0v) is 27.1. The highest BCUT2D eigenvalue weighted by Gasteiger charge is 2.41. The SMILES string of the molecule is C=CC(=O)N1Cc2cc(CN(C)c3c(Cl)cccc3N(C)C(=O)[C@@H]3CCC(=O)N3c3cc(C(F)(F)F)cc(C)n3)cnc2C1COC. The number of pyridine rings is 2. The Balaban J connectivity index is 1.41. The molecule has 1 unspecified atom stereocenters. The summed E-state index contributed by atoms with van der Waals surface area (Å²) in [6.07, 6.45) is -1.57. The first kappa shape index (κ1) is 33.9. The highest BCUT2D eigenvalue weighted by atomic mass is 35.5. The molecule has 2 atom stereocenters. The van der Waals surface area contributed by atoms with Gasteiger partial charge < -0.3 is 19.4 Å². The van der Waals surface area contributed by atoms with Crippen molar-refractivity contribution in [3.05, 3.63) is 88.4 Å². The summed E-state index contributed by atoms with van der Waals surface area (Å²) in [4.78, 5) is 54.2. The molecule has 2 aliphatic rings. The Morgan fingerprint density at radius 3 is 2.64 bits per heavy atom. The zero-order valence-electron chi connectivity index (χ0n) is 26.3. The van der Waals surface area contributed by atoms with E-state index >= 15 is 0 Å². The highest BCUT2D eigenvalue weighted by Crippen LogP contribution is 2.39. The number of aromatic nitrogens is 2. The number of alkyl halides is 3. The topological polar surface area (TPSA) is 99.2 Å². The molecule has 0 N–H and O–H groups in total. The van der Waals surface area contributed by atoms with E-state index < -0.39 is 29.6 Å². The minimum absolute atomic E-state index is 0.0179. The average molecular weight is 671 g/mol. The quantitative estimate of drug-likeness (QED) is 0.279. The van der Waals surface area contributed by atoms with Crippen molar-refractivity contribution in [1.29, 1.82) is 0 Å². The van der Waals surface area contributed by atoms with Crippen molar-refractivity contribution >= 4 is 46.5 Å². The van der Waals surface area contributed by atoms with Crippen LogP contribution in [0.1, 0.15) is 47.0 Å². The van der Waals surface area contributed by atoms with Crippen LogP contribution in [0.25, 0.3) is 0 Å². The Morgan fingerprint density at radius 2 is 1.96 bits per heavy atom. The monoisotopic (exact) mass is 670 g/mol. The van der Waals surface area contributed by atoms with E-state index in [0.29, 0.717) is 29.5 Å². The molecule has 3 aromatic rings. The van der Waals surface area contributed by atoms with Gasteiger partial charge in [0.05, 0.1) is 40.3 Å². The third-order valence-corrected chi connectivity index (χ3v) is 8.65.